The van der Waals surface area contributed by atoms with E-state index in [2.05, 4.69) is 15.5 Å². The average molecular weight is 253 g/mol. The zero-order valence-corrected chi connectivity index (χ0v) is 11.4. The molecule has 1 aliphatic heterocycles. The summed E-state index contributed by atoms with van der Waals surface area (Å²) in [5.74, 6) is 0.853. The molecule has 2 heterocycles. The molecule has 4 nitrogen and oxygen atoms in total. The van der Waals surface area contributed by atoms with E-state index in [1.165, 1.54) is 5.69 Å². The van der Waals surface area contributed by atoms with Gasteiger partial charge in [0.1, 0.15) is 5.37 Å². The highest BCUT2D eigenvalue weighted by molar-refractivity contribution is 8.00. The van der Waals surface area contributed by atoms with E-state index in [9.17, 15) is 4.79 Å². The third kappa shape index (κ3) is 2.66. The Bertz CT molecular complexity index is 402. The fourth-order valence-corrected chi connectivity index (χ4v) is 3.26. The lowest BCUT2D eigenvalue weighted by Gasteiger charge is -2.25. The van der Waals surface area contributed by atoms with Gasteiger partial charge in [0, 0.05) is 26.3 Å². The molecule has 17 heavy (non-hydrogen) atoms. The predicted octanol–water partition coefficient (Wildman–Crippen LogP) is 1.16. The lowest BCUT2D eigenvalue weighted by molar-refractivity contribution is -0.128. The first-order valence-electron chi connectivity index (χ1n) is 5.76. The lowest BCUT2D eigenvalue weighted by Crippen LogP contribution is -2.35. The van der Waals surface area contributed by atoms with Crippen LogP contribution in [0.4, 0.5) is 0 Å². The van der Waals surface area contributed by atoms with Crippen molar-refractivity contribution in [3.8, 4) is 0 Å². The number of hydrogen-bond acceptors (Lipinski definition) is 3. The summed E-state index contributed by atoms with van der Waals surface area (Å²) in [7, 11) is 6.10. The Morgan fingerprint density at radius 1 is 1.53 bits per heavy atom. The Hall–Kier alpha value is -0.940. The van der Waals surface area contributed by atoms with Crippen LogP contribution >= 0.6 is 11.8 Å². The van der Waals surface area contributed by atoms with Crippen LogP contribution in [0, 0.1) is 0 Å². The van der Waals surface area contributed by atoms with Crippen molar-refractivity contribution in [2.45, 2.75) is 5.37 Å². The molecule has 1 fully saturated rings. The average Bonchev–Trinajstić information content (AvgIpc) is 2.82. The molecule has 1 aromatic heterocycles. The monoisotopic (exact) mass is 253 g/mol. The standard InChI is InChI=1S/C12H19N3OS/c1-13(2)7-8-15-11(16)9-17-12(15)10-5-4-6-14(10)3/h4-6,12H,7-9H2,1-3H3. The van der Waals surface area contributed by atoms with E-state index in [0.717, 1.165) is 13.1 Å². The second-order valence-electron chi connectivity index (χ2n) is 4.60. The van der Waals surface area contributed by atoms with Crippen LogP contribution in [0.15, 0.2) is 18.3 Å². The molecule has 0 aromatic carbocycles. The zero-order chi connectivity index (χ0) is 12.4. The fourth-order valence-electron chi connectivity index (χ4n) is 1.98. The number of aromatic nitrogens is 1. The van der Waals surface area contributed by atoms with Gasteiger partial charge in [0.15, 0.2) is 0 Å². The number of hydrogen-bond donors (Lipinski definition) is 0. The minimum absolute atomic E-state index is 0.183. The van der Waals surface area contributed by atoms with Gasteiger partial charge in [-0.3, -0.25) is 4.79 Å². The summed E-state index contributed by atoms with van der Waals surface area (Å²) in [5.41, 5.74) is 1.21. The molecule has 0 bridgehead atoms. The molecule has 5 heteroatoms. The number of amides is 1. The van der Waals surface area contributed by atoms with Crippen LogP contribution in [0.3, 0.4) is 0 Å². The topological polar surface area (TPSA) is 28.5 Å². The molecule has 1 aromatic rings. The molecule has 2 rings (SSSR count). The van der Waals surface area contributed by atoms with Crippen LogP contribution in [-0.2, 0) is 11.8 Å². The number of nitrogens with zero attached hydrogens (tertiary/aromatic N) is 3. The van der Waals surface area contributed by atoms with Gasteiger partial charge < -0.3 is 14.4 Å². The molecule has 0 aliphatic carbocycles. The van der Waals surface area contributed by atoms with Crippen molar-refractivity contribution in [3.05, 3.63) is 24.0 Å². The molecule has 0 spiro atoms. The van der Waals surface area contributed by atoms with E-state index in [1.807, 2.05) is 38.3 Å². The molecule has 94 valence electrons. The third-order valence-corrected chi connectivity index (χ3v) is 4.22. The van der Waals surface area contributed by atoms with Gasteiger partial charge in [-0.25, -0.2) is 0 Å². The zero-order valence-electron chi connectivity index (χ0n) is 10.6. The first-order chi connectivity index (χ1) is 8.09. The molecular weight excluding hydrogens is 234 g/mol. The van der Waals surface area contributed by atoms with Crippen LogP contribution in [0.5, 0.6) is 0 Å². The van der Waals surface area contributed by atoms with E-state index in [1.54, 1.807) is 11.8 Å². The van der Waals surface area contributed by atoms with Crippen molar-refractivity contribution in [1.29, 1.82) is 0 Å². The first-order valence-corrected chi connectivity index (χ1v) is 6.81. The third-order valence-electron chi connectivity index (χ3n) is 2.99. The molecule has 1 unspecified atom stereocenters. The van der Waals surface area contributed by atoms with Crippen LogP contribution < -0.4 is 0 Å². The van der Waals surface area contributed by atoms with Crippen LogP contribution in [-0.4, -0.2) is 53.2 Å². The molecule has 1 aliphatic rings. The quantitative estimate of drug-likeness (QED) is 0.806. The summed E-state index contributed by atoms with van der Waals surface area (Å²) in [6.07, 6.45) is 2.03. The summed E-state index contributed by atoms with van der Waals surface area (Å²) in [6, 6.07) is 4.13. The molecule has 0 saturated carbocycles. The highest BCUT2D eigenvalue weighted by atomic mass is 32.2. The second-order valence-corrected chi connectivity index (χ2v) is 5.67. The van der Waals surface area contributed by atoms with Crippen molar-refractivity contribution < 1.29 is 4.79 Å². The smallest absolute Gasteiger partial charge is 0.233 e. The van der Waals surface area contributed by atoms with Crippen molar-refractivity contribution in [2.75, 3.05) is 32.9 Å². The fraction of sp³-hybridized carbons (Fsp3) is 0.583. The number of thioether (sulfide) groups is 1. The molecular formula is C12H19N3OS. The summed E-state index contributed by atoms with van der Waals surface area (Å²) >= 11 is 1.72. The van der Waals surface area contributed by atoms with Gasteiger partial charge in [0.05, 0.1) is 11.4 Å². The van der Waals surface area contributed by atoms with E-state index in [-0.39, 0.29) is 11.3 Å². The Balaban J connectivity index is 2.11. The Labute approximate surface area is 107 Å². The van der Waals surface area contributed by atoms with Crippen molar-refractivity contribution in [1.82, 2.24) is 14.4 Å². The number of likely N-dealkylation sites (N-methyl/N-ethyl adjacent to an activating group) is 1. The largest absolute Gasteiger partial charge is 0.352 e. The Morgan fingerprint density at radius 3 is 2.88 bits per heavy atom. The van der Waals surface area contributed by atoms with E-state index in [4.69, 9.17) is 0 Å². The predicted molar refractivity (Wildman–Crippen MR) is 70.9 cm³/mol. The van der Waals surface area contributed by atoms with Crippen molar-refractivity contribution in [2.24, 2.45) is 7.05 Å². The molecule has 1 saturated heterocycles. The normalized spacial score (nSPS) is 20.6. The first kappa shape index (κ1) is 12.5. The van der Waals surface area contributed by atoms with Gasteiger partial charge in [0.2, 0.25) is 5.91 Å². The maximum absolute atomic E-state index is 11.9. The van der Waals surface area contributed by atoms with Crippen LogP contribution in [0.1, 0.15) is 11.1 Å². The lowest BCUT2D eigenvalue weighted by atomic mass is 10.3. The van der Waals surface area contributed by atoms with Crippen LogP contribution in [0.25, 0.3) is 0 Å². The van der Waals surface area contributed by atoms with Gasteiger partial charge in [-0.15, -0.1) is 11.8 Å². The maximum atomic E-state index is 11.9. The van der Waals surface area contributed by atoms with E-state index in [0.29, 0.717) is 5.75 Å². The molecule has 0 radical (unpaired) electrons. The molecule has 1 amide bonds. The summed E-state index contributed by atoms with van der Waals surface area (Å²) in [4.78, 5) is 16.0. The van der Waals surface area contributed by atoms with Gasteiger partial charge in [-0.05, 0) is 26.2 Å². The number of carbonyl (C=O) groups excluding carboxylic acids is 1. The van der Waals surface area contributed by atoms with Gasteiger partial charge in [0.25, 0.3) is 0 Å². The minimum atomic E-state index is 0.183. The summed E-state index contributed by atoms with van der Waals surface area (Å²) in [5, 5.41) is 0.183. The Kier molecular flexibility index (Phi) is 3.79. The summed E-state index contributed by atoms with van der Waals surface area (Å²) in [6.45, 7) is 1.71. The number of rotatable bonds is 4. The van der Waals surface area contributed by atoms with Crippen molar-refractivity contribution >= 4 is 17.7 Å². The minimum Gasteiger partial charge on any atom is -0.352 e. The number of aryl methyl sites for hydroxylation is 1. The maximum Gasteiger partial charge on any atom is 0.233 e. The van der Waals surface area contributed by atoms with Crippen molar-refractivity contribution in [3.63, 3.8) is 0 Å². The van der Waals surface area contributed by atoms with E-state index >= 15 is 0 Å². The van der Waals surface area contributed by atoms with Gasteiger partial charge in [-0.1, -0.05) is 0 Å². The molecule has 1 atom stereocenters. The Morgan fingerprint density at radius 2 is 2.29 bits per heavy atom. The summed E-state index contributed by atoms with van der Waals surface area (Å²) < 4.78 is 2.10. The van der Waals surface area contributed by atoms with Gasteiger partial charge >= 0.3 is 0 Å². The van der Waals surface area contributed by atoms with E-state index < -0.39 is 0 Å². The highest BCUT2D eigenvalue weighted by Gasteiger charge is 2.33. The second kappa shape index (κ2) is 5.14. The highest BCUT2D eigenvalue weighted by Crippen LogP contribution is 2.38. The SMILES string of the molecule is CN(C)CCN1C(=O)CSC1c1cccn1C. The number of carbonyl (C=O) groups is 1. The van der Waals surface area contributed by atoms with Gasteiger partial charge in [-0.2, -0.15) is 0 Å². The van der Waals surface area contributed by atoms with Crippen LogP contribution in [0.2, 0.25) is 0 Å². The molecule has 0 N–H and O–H groups in total.